The number of aryl methyl sites for hydroxylation is 2. The average Bonchev–Trinajstić information content (AvgIpc) is 3.73. The first kappa shape index (κ1) is 59.4. The molecule has 15 nitrogen and oxygen atoms in total. The van der Waals surface area contributed by atoms with Crippen molar-refractivity contribution in [3.63, 3.8) is 0 Å². The Kier molecular flexibility index (Phi) is 21.3. The van der Waals surface area contributed by atoms with Crippen LogP contribution < -0.4 is 27.5 Å². The van der Waals surface area contributed by atoms with Crippen molar-refractivity contribution in [1.82, 2.24) is 39.9 Å². The highest BCUT2D eigenvalue weighted by Gasteiger charge is 2.56. The smallest absolute Gasteiger partial charge is 0.338 e. The molecule has 1 saturated carbocycles. The number of hydroxylamine groups is 1. The van der Waals surface area contributed by atoms with Crippen LogP contribution >= 0.6 is 11.8 Å². The molecule has 1 saturated heterocycles. The van der Waals surface area contributed by atoms with E-state index in [0.717, 1.165) is 31.3 Å². The highest BCUT2D eigenvalue weighted by molar-refractivity contribution is 7.97. The predicted molar refractivity (Wildman–Crippen MR) is 295 cm³/mol. The van der Waals surface area contributed by atoms with Crippen molar-refractivity contribution in [2.45, 2.75) is 123 Å². The number of hydrogen-bond acceptors (Lipinski definition) is 12. The standard InChI is InChI=1S/C38H39F3N8O2.C9H20O.C7H12N2O2.C2H6S/c1-20-14-26(15-21(2)32(20)40)49-36(47-13-12-46(38(47)51)23(4)10-11-27(43-5)25(18-39)19-42)31-30-16-22(3)35(33(41)34(31)45-49)48(30)37(50)29-17-24-8-6-7-9-28(24)44-29;1-4-5-6-7-8-9(2,3)10;1-5-3-6(5)7(8-2)9-11-4-10;1-3-2/h6-15,17,19,22,24,28,30,33,35,44H,4,16,18,42H2,1-3,5H3;10H,4-8H2,1-3H3;4-5,8-9H,3H2,1-2H3;1-2H3/b11-10-,25-19-,43-27?;;7-6-;. The number of carbonyl (C=O) groups excluding carboxylic acids is 2. The molecule has 7 unspecified atom stereocenters. The number of carbonyl (C=O) groups is 2. The first-order valence-electron chi connectivity index (χ1n) is 25.5. The number of nitrogens with zero attached hydrogens (tertiary/aromatic N) is 6. The number of halogens is 3. The zero-order chi connectivity index (χ0) is 55.3. The number of aromatic nitrogens is 4. The summed E-state index contributed by atoms with van der Waals surface area (Å²) in [6.07, 6.45) is 26.8. The van der Waals surface area contributed by atoms with Crippen molar-refractivity contribution in [2.24, 2.45) is 28.5 Å². The molecule has 3 aromatic rings. The Morgan fingerprint density at radius 1 is 1.12 bits per heavy atom. The number of benzene rings is 1. The largest absolute Gasteiger partial charge is 0.404 e. The van der Waals surface area contributed by atoms with E-state index in [1.54, 1.807) is 49.7 Å². The van der Waals surface area contributed by atoms with E-state index in [9.17, 15) is 28.3 Å². The van der Waals surface area contributed by atoms with E-state index in [4.69, 9.17) is 10.8 Å². The van der Waals surface area contributed by atoms with Crippen LogP contribution in [-0.4, -0.2) is 98.0 Å². The summed E-state index contributed by atoms with van der Waals surface area (Å²) in [4.78, 5) is 48.5. The zero-order valence-corrected chi connectivity index (χ0v) is 46.1. The Morgan fingerprint density at radius 3 is 2.35 bits per heavy atom. The summed E-state index contributed by atoms with van der Waals surface area (Å²) < 4.78 is 49.4. The highest BCUT2D eigenvalue weighted by Crippen LogP contribution is 2.54. The number of alkyl halides is 2. The number of nitrogens with two attached hydrogens (primary N) is 1. The summed E-state index contributed by atoms with van der Waals surface area (Å²) in [5.41, 5.74) is 11.1. The Bertz CT molecular complexity index is 2770. The van der Waals surface area contributed by atoms with E-state index in [0.29, 0.717) is 46.9 Å². The molecule has 75 heavy (non-hydrogen) atoms. The van der Waals surface area contributed by atoms with Crippen LogP contribution in [0.3, 0.4) is 0 Å². The van der Waals surface area contributed by atoms with Gasteiger partial charge >= 0.3 is 12.2 Å². The second kappa shape index (κ2) is 26.8. The van der Waals surface area contributed by atoms with Crippen molar-refractivity contribution in [1.29, 1.82) is 0 Å². The molecular formula is C56H77F3N10O5S. The third-order valence-electron chi connectivity index (χ3n) is 13.7. The molecule has 3 aliphatic heterocycles. The number of amides is 1. The number of allylic oxidation sites excluding steroid dienone is 7. The molecule has 2 fully saturated rings. The minimum Gasteiger partial charge on any atom is -0.404 e. The van der Waals surface area contributed by atoms with Crippen molar-refractivity contribution in [3.05, 3.63) is 141 Å². The molecule has 0 radical (unpaired) electrons. The van der Waals surface area contributed by atoms with Crippen LogP contribution in [0.25, 0.3) is 17.2 Å². The summed E-state index contributed by atoms with van der Waals surface area (Å²) in [5, 5.41) is 20.3. The number of unbranched alkanes of at least 4 members (excludes halogenated alkanes) is 3. The number of hydrogen-bond donors (Lipinski definition) is 5. The minimum atomic E-state index is -1.66. The molecule has 7 atom stereocenters. The summed E-state index contributed by atoms with van der Waals surface area (Å²) in [5.74, 6) is 0.759. The van der Waals surface area contributed by atoms with E-state index in [2.05, 4.69) is 46.4 Å². The van der Waals surface area contributed by atoms with Crippen LogP contribution in [0, 0.1) is 37.4 Å². The van der Waals surface area contributed by atoms with Gasteiger partial charge in [-0.25, -0.2) is 28.1 Å². The van der Waals surface area contributed by atoms with Gasteiger partial charge in [0.1, 0.15) is 29.8 Å². The maximum absolute atomic E-state index is 17.0. The Labute approximate surface area is 444 Å². The fraction of sp³-hybridized carbons (Fsp3) is 0.482. The SMILES string of the molecule is C=C(/C=C\C(=NC)/C(=C\N)CF)n1ccn(-c2c3c(nn2-c2cc(C)c(F)c(C)c2)C(F)C2C(C)CC3N2C(=O)C2=CC3C=CC=CC3N2)c1=O.CCCCCCC(C)(C)O.CN/C(NOC=O)=C1\CC1C.CSC. The Morgan fingerprint density at radius 2 is 1.79 bits per heavy atom. The van der Waals surface area contributed by atoms with Gasteiger partial charge in [-0.05, 0) is 118 Å². The number of rotatable bonds is 17. The monoisotopic (exact) mass is 1060 g/mol. The molecule has 0 spiro atoms. The van der Waals surface area contributed by atoms with E-state index >= 15 is 4.39 Å². The van der Waals surface area contributed by atoms with Gasteiger partial charge in [-0.15, -0.1) is 0 Å². The Balaban J connectivity index is 0.000000357. The first-order valence-corrected chi connectivity index (χ1v) is 27.1. The summed E-state index contributed by atoms with van der Waals surface area (Å²) in [7, 11) is 3.28. The lowest BCUT2D eigenvalue weighted by atomic mass is 9.95. The first-order chi connectivity index (χ1) is 35.7. The lowest BCUT2D eigenvalue weighted by Gasteiger charge is -2.37. The highest BCUT2D eigenvalue weighted by atomic mass is 32.2. The third-order valence-corrected chi connectivity index (χ3v) is 13.7. The molecular weight excluding hydrogens is 982 g/mol. The van der Waals surface area contributed by atoms with Crippen LogP contribution in [-0.2, 0) is 14.4 Å². The van der Waals surface area contributed by atoms with Gasteiger partial charge in [0.05, 0.1) is 40.8 Å². The summed E-state index contributed by atoms with van der Waals surface area (Å²) in [6.45, 7) is 16.8. The van der Waals surface area contributed by atoms with Crippen LogP contribution in [0.1, 0.15) is 114 Å². The van der Waals surface area contributed by atoms with Crippen LogP contribution in [0.4, 0.5) is 13.2 Å². The quantitative estimate of drug-likeness (QED) is 0.0285. The lowest BCUT2D eigenvalue weighted by Crippen LogP contribution is -2.47. The lowest BCUT2D eigenvalue weighted by molar-refractivity contribution is -0.134. The van der Waals surface area contributed by atoms with Gasteiger partial charge in [0.15, 0.2) is 6.17 Å². The molecule has 8 rings (SSSR count). The second-order valence-corrected chi connectivity index (χ2v) is 20.9. The molecule has 2 bridgehead atoms. The van der Waals surface area contributed by atoms with Gasteiger partial charge in [0.2, 0.25) is 0 Å². The maximum Gasteiger partial charge on any atom is 0.338 e. The number of fused-ring (bicyclic) bond motifs is 5. The molecule has 408 valence electrons. The van der Waals surface area contributed by atoms with E-state index in [1.165, 1.54) is 70.2 Å². The second-order valence-electron chi connectivity index (χ2n) is 20.0. The average molecular weight is 1060 g/mol. The number of aliphatic hydroxyl groups is 1. The molecule has 1 aromatic carbocycles. The molecule has 19 heteroatoms. The van der Waals surface area contributed by atoms with Crippen LogP contribution in [0.2, 0.25) is 0 Å². The number of aliphatic imine (C=N–C) groups is 1. The fourth-order valence-electron chi connectivity index (χ4n) is 9.75. The fourth-order valence-corrected chi connectivity index (χ4v) is 9.75. The van der Waals surface area contributed by atoms with E-state index < -0.39 is 36.2 Å². The van der Waals surface area contributed by atoms with E-state index in [1.807, 2.05) is 63.7 Å². The number of imidazole rings is 1. The van der Waals surface area contributed by atoms with Crippen LogP contribution in [0.5, 0.6) is 0 Å². The predicted octanol–water partition coefficient (Wildman–Crippen LogP) is 9.23. The number of nitrogens with one attached hydrogen (secondary N) is 3. The molecule has 5 aliphatic rings. The normalized spacial score (nSPS) is 22.8. The molecule has 2 aliphatic carbocycles. The summed E-state index contributed by atoms with van der Waals surface area (Å²) in [6, 6.07) is 1.74. The van der Waals surface area contributed by atoms with Crippen molar-refractivity contribution in [2.75, 3.05) is 33.3 Å². The Hall–Kier alpha value is -6.47. The molecule has 2 aromatic heterocycles. The molecule has 5 heterocycles. The van der Waals surface area contributed by atoms with Crippen molar-refractivity contribution >= 4 is 35.6 Å². The molecule has 1 amide bonds. The molecule has 6 N–H and O–H groups in total. The van der Waals surface area contributed by atoms with Crippen molar-refractivity contribution < 1.29 is 32.7 Å². The zero-order valence-electron chi connectivity index (χ0n) is 45.3. The van der Waals surface area contributed by atoms with E-state index in [-0.39, 0.29) is 58.1 Å². The maximum atomic E-state index is 17.0. The van der Waals surface area contributed by atoms with Crippen molar-refractivity contribution in [3.8, 4) is 11.5 Å². The van der Waals surface area contributed by atoms with Gasteiger partial charge in [0, 0.05) is 55.4 Å². The van der Waals surface area contributed by atoms with Gasteiger partial charge in [-0.2, -0.15) is 16.9 Å². The third kappa shape index (κ3) is 14.1. The minimum absolute atomic E-state index is 0.00359. The van der Waals surface area contributed by atoms with Gasteiger partial charge < -0.3 is 31.2 Å². The van der Waals surface area contributed by atoms with Crippen LogP contribution in [0.15, 0.2) is 112 Å². The van der Waals surface area contributed by atoms with Gasteiger partial charge in [-0.3, -0.25) is 23.7 Å². The topological polar surface area (TPSA) is 186 Å². The van der Waals surface area contributed by atoms with Gasteiger partial charge in [0.25, 0.3) is 5.91 Å². The summed E-state index contributed by atoms with van der Waals surface area (Å²) >= 11 is 1.75. The van der Waals surface area contributed by atoms with Gasteiger partial charge in [-0.1, -0.05) is 77.3 Å². The number of thioether (sulfide) groups is 1.